The van der Waals surface area contributed by atoms with Crippen LogP contribution in [0.5, 0.6) is 0 Å². The molecule has 0 amide bonds. The Labute approximate surface area is 133 Å². The number of rotatable bonds is 5. The van der Waals surface area contributed by atoms with Gasteiger partial charge in [-0.1, -0.05) is 12.1 Å². The molecule has 0 fully saturated rings. The van der Waals surface area contributed by atoms with E-state index in [-0.39, 0.29) is 10.6 Å². The Morgan fingerprint density at radius 1 is 1.30 bits per heavy atom. The molecule has 23 heavy (non-hydrogen) atoms. The van der Waals surface area contributed by atoms with Gasteiger partial charge in [0.2, 0.25) is 5.95 Å². The van der Waals surface area contributed by atoms with Crippen molar-refractivity contribution in [3.8, 4) is 0 Å². The zero-order valence-electron chi connectivity index (χ0n) is 13.0. The Balaban J connectivity index is 1.99. The fourth-order valence-corrected chi connectivity index (χ4v) is 2.81. The van der Waals surface area contributed by atoms with Crippen LogP contribution in [0.1, 0.15) is 25.5 Å². The lowest BCUT2D eigenvalue weighted by molar-refractivity contribution is -0.431. The first-order valence-electron chi connectivity index (χ1n) is 7.51. The predicted octanol–water partition coefficient (Wildman–Crippen LogP) is 2.26. The Morgan fingerprint density at radius 2 is 2.00 bits per heavy atom. The maximum Gasteiger partial charge on any atom is 0.291 e. The van der Waals surface area contributed by atoms with Crippen LogP contribution in [-0.4, -0.2) is 32.8 Å². The zero-order chi connectivity index (χ0) is 16.4. The average molecular weight is 314 g/mol. The minimum absolute atomic E-state index is 0.0404. The number of hydrogen-bond donors (Lipinski definition) is 1. The summed E-state index contributed by atoms with van der Waals surface area (Å²) in [6.45, 7) is 6.02. The number of hydrogen-bond acceptors (Lipinski definition) is 6. The van der Waals surface area contributed by atoms with Crippen LogP contribution in [-0.2, 0) is 0 Å². The van der Waals surface area contributed by atoms with E-state index in [0.29, 0.717) is 5.95 Å². The summed E-state index contributed by atoms with van der Waals surface area (Å²) in [7, 11) is 0. The predicted molar refractivity (Wildman–Crippen MR) is 86.9 cm³/mol. The molecule has 3 rings (SSSR count). The Morgan fingerprint density at radius 3 is 2.61 bits per heavy atom. The number of fused-ring (bicyclic) bond motifs is 1. The first kappa shape index (κ1) is 15.0. The van der Waals surface area contributed by atoms with E-state index in [2.05, 4.69) is 34.1 Å². The molecule has 0 aliphatic carbocycles. The molecule has 1 N–H and O–H groups in total. The summed E-state index contributed by atoms with van der Waals surface area (Å²) in [4.78, 5) is 17.3. The maximum absolute atomic E-state index is 11.4. The molecule has 0 radical (unpaired) electrons. The minimum atomic E-state index is -0.588. The number of benzene rings is 1. The van der Waals surface area contributed by atoms with E-state index in [1.807, 2.05) is 24.3 Å². The van der Waals surface area contributed by atoms with Crippen molar-refractivity contribution in [1.82, 2.24) is 14.8 Å². The lowest BCUT2D eigenvalue weighted by Gasteiger charge is -2.23. The van der Waals surface area contributed by atoms with Crippen molar-refractivity contribution in [1.29, 1.82) is 0 Å². The molecule has 120 valence electrons. The average Bonchev–Trinajstić information content (AvgIpc) is 3.04. The van der Waals surface area contributed by atoms with Crippen molar-refractivity contribution in [2.45, 2.75) is 19.9 Å². The highest BCUT2D eigenvalue weighted by molar-refractivity contribution is 5.49. The molecule has 8 nitrogen and oxygen atoms in total. The van der Waals surface area contributed by atoms with Gasteiger partial charge in [-0.15, -0.1) is 0 Å². The molecule has 1 aromatic heterocycles. The molecule has 0 bridgehead atoms. The highest BCUT2D eigenvalue weighted by atomic mass is 16.6. The van der Waals surface area contributed by atoms with E-state index in [1.165, 1.54) is 17.2 Å². The largest absolute Gasteiger partial charge is 0.372 e. The normalized spacial score (nSPS) is 16.3. The SMILES string of the molecule is CCN(CC)c1ccc(C2C([N+](=O)[O-])=CNc3ncnn32)cc1. The van der Waals surface area contributed by atoms with Crippen LogP contribution in [0.4, 0.5) is 11.6 Å². The second-order valence-electron chi connectivity index (χ2n) is 5.17. The standard InChI is InChI=1S/C15H18N6O2/c1-3-19(4-2)12-7-5-11(6-8-12)14-13(21(22)23)9-16-15-17-10-18-20(14)15/h5-10,14H,3-4H2,1-2H3,(H,16,17,18). The third-order valence-electron chi connectivity index (χ3n) is 4.00. The number of aromatic nitrogens is 3. The van der Waals surface area contributed by atoms with E-state index in [1.54, 1.807) is 0 Å². The van der Waals surface area contributed by atoms with Gasteiger partial charge < -0.3 is 10.2 Å². The van der Waals surface area contributed by atoms with Gasteiger partial charge in [0.25, 0.3) is 5.70 Å². The van der Waals surface area contributed by atoms with Gasteiger partial charge in [-0.2, -0.15) is 10.1 Å². The summed E-state index contributed by atoms with van der Waals surface area (Å²) in [5, 5.41) is 18.3. The van der Waals surface area contributed by atoms with Crippen LogP contribution < -0.4 is 10.2 Å². The second kappa shape index (κ2) is 6.07. The van der Waals surface area contributed by atoms with Gasteiger partial charge in [-0.3, -0.25) is 10.1 Å². The van der Waals surface area contributed by atoms with E-state index in [0.717, 1.165) is 24.3 Å². The molecular formula is C15H18N6O2. The monoisotopic (exact) mass is 314 g/mol. The smallest absolute Gasteiger partial charge is 0.291 e. The van der Waals surface area contributed by atoms with Crippen molar-refractivity contribution in [2.75, 3.05) is 23.3 Å². The number of nitrogens with zero attached hydrogens (tertiary/aromatic N) is 5. The summed E-state index contributed by atoms with van der Waals surface area (Å²) in [5.41, 5.74) is 1.94. The lowest BCUT2D eigenvalue weighted by Crippen LogP contribution is -2.26. The Hall–Kier alpha value is -2.90. The molecule has 1 atom stereocenters. The molecule has 1 aliphatic heterocycles. The highest BCUT2D eigenvalue weighted by Crippen LogP contribution is 2.32. The fourth-order valence-electron chi connectivity index (χ4n) is 2.81. The van der Waals surface area contributed by atoms with Crippen molar-refractivity contribution in [2.24, 2.45) is 0 Å². The van der Waals surface area contributed by atoms with Gasteiger partial charge >= 0.3 is 0 Å². The van der Waals surface area contributed by atoms with Gasteiger partial charge in [0.1, 0.15) is 6.33 Å². The van der Waals surface area contributed by atoms with Crippen molar-refractivity contribution in [3.63, 3.8) is 0 Å². The molecule has 0 spiro atoms. The third-order valence-corrected chi connectivity index (χ3v) is 4.00. The van der Waals surface area contributed by atoms with Crippen LogP contribution in [0, 0.1) is 10.1 Å². The molecule has 0 saturated carbocycles. The fraction of sp³-hybridized carbons (Fsp3) is 0.333. The van der Waals surface area contributed by atoms with Gasteiger partial charge in [0.15, 0.2) is 6.04 Å². The maximum atomic E-state index is 11.4. The summed E-state index contributed by atoms with van der Waals surface area (Å²) in [5.74, 6) is 0.494. The molecule has 2 heterocycles. The summed E-state index contributed by atoms with van der Waals surface area (Å²) >= 11 is 0. The Bertz CT molecular complexity index is 733. The lowest BCUT2D eigenvalue weighted by atomic mass is 10.0. The van der Waals surface area contributed by atoms with Crippen LogP contribution in [0.2, 0.25) is 0 Å². The minimum Gasteiger partial charge on any atom is -0.372 e. The number of allylic oxidation sites excluding steroid dienone is 1. The first-order chi connectivity index (χ1) is 11.2. The van der Waals surface area contributed by atoms with Crippen LogP contribution in [0.15, 0.2) is 42.5 Å². The topological polar surface area (TPSA) is 89.1 Å². The van der Waals surface area contributed by atoms with Crippen molar-refractivity contribution in [3.05, 3.63) is 58.2 Å². The first-order valence-corrected chi connectivity index (χ1v) is 7.51. The van der Waals surface area contributed by atoms with E-state index in [4.69, 9.17) is 0 Å². The number of nitrogens with one attached hydrogen (secondary N) is 1. The quantitative estimate of drug-likeness (QED) is 0.672. The van der Waals surface area contributed by atoms with Crippen LogP contribution in [0.25, 0.3) is 0 Å². The molecule has 1 unspecified atom stereocenters. The number of nitro groups is 1. The Kier molecular flexibility index (Phi) is 3.96. The van der Waals surface area contributed by atoms with Crippen LogP contribution in [0.3, 0.4) is 0 Å². The van der Waals surface area contributed by atoms with Gasteiger partial charge in [0.05, 0.1) is 11.1 Å². The molecule has 8 heteroatoms. The molecule has 1 aromatic carbocycles. The van der Waals surface area contributed by atoms with Crippen LogP contribution >= 0.6 is 0 Å². The molecular weight excluding hydrogens is 296 g/mol. The summed E-state index contributed by atoms with van der Waals surface area (Å²) < 4.78 is 1.53. The second-order valence-corrected chi connectivity index (χ2v) is 5.17. The molecule has 1 aliphatic rings. The molecule has 2 aromatic rings. The highest BCUT2D eigenvalue weighted by Gasteiger charge is 2.34. The zero-order valence-corrected chi connectivity index (χ0v) is 13.0. The van der Waals surface area contributed by atoms with Crippen molar-refractivity contribution < 1.29 is 4.92 Å². The summed E-state index contributed by atoms with van der Waals surface area (Å²) in [6, 6.07) is 7.20. The van der Waals surface area contributed by atoms with Gasteiger partial charge in [-0.05, 0) is 31.5 Å². The van der Waals surface area contributed by atoms with Crippen molar-refractivity contribution >= 4 is 11.6 Å². The number of anilines is 2. The third kappa shape index (κ3) is 2.63. The molecule has 0 saturated heterocycles. The summed E-state index contributed by atoms with van der Waals surface area (Å²) in [6.07, 6.45) is 2.77. The van der Waals surface area contributed by atoms with Gasteiger partial charge in [0, 0.05) is 18.8 Å². The van der Waals surface area contributed by atoms with E-state index < -0.39 is 6.04 Å². The van der Waals surface area contributed by atoms with Gasteiger partial charge in [-0.25, -0.2) is 4.68 Å². The van der Waals surface area contributed by atoms with E-state index in [9.17, 15) is 10.1 Å². The van der Waals surface area contributed by atoms with E-state index >= 15 is 0 Å².